The van der Waals surface area contributed by atoms with Gasteiger partial charge in [-0.1, -0.05) is 23.7 Å². The number of halogens is 1. The minimum absolute atomic E-state index is 0.0307. The molecule has 2 aromatic rings. The first-order valence-electron chi connectivity index (χ1n) is 6.22. The van der Waals surface area contributed by atoms with Gasteiger partial charge in [0.25, 0.3) is 0 Å². The largest absolute Gasteiger partial charge is 0.323 e. The summed E-state index contributed by atoms with van der Waals surface area (Å²) in [5.41, 5.74) is 3.78. The van der Waals surface area contributed by atoms with Gasteiger partial charge in [0, 0.05) is 17.9 Å². The summed E-state index contributed by atoms with van der Waals surface area (Å²) in [7, 11) is 0. The number of hydrogen-bond acceptors (Lipinski definition) is 2. The number of aromatic amines is 1. The van der Waals surface area contributed by atoms with Crippen LogP contribution in [0.2, 0.25) is 5.02 Å². The third-order valence-corrected chi connectivity index (χ3v) is 3.75. The molecular weight excluding hydrogens is 262 g/mol. The minimum atomic E-state index is 0.0307. The van der Waals surface area contributed by atoms with Crippen LogP contribution in [0.1, 0.15) is 29.3 Å². The van der Waals surface area contributed by atoms with Crippen LogP contribution < -0.4 is 5.32 Å². The highest BCUT2D eigenvalue weighted by Gasteiger charge is 2.25. The van der Waals surface area contributed by atoms with Crippen molar-refractivity contribution >= 4 is 23.2 Å². The van der Waals surface area contributed by atoms with Crippen LogP contribution in [0.15, 0.2) is 24.3 Å². The van der Waals surface area contributed by atoms with E-state index in [0.29, 0.717) is 11.4 Å². The van der Waals surface area contributed by atoms with Crippen molar-refractivity contribution in [3.05, 3.63) is 46.2 Å². The topological polar surface area (TPSA) is 57.8 Å². The number of carbonyl (C=O) groups is 1. The van der Waals surface area contributed by atoms with Gasteiger partial charge in [0.1, 0.15) is 0 Å². The second-order valence-electron chi connectivity index (χ2n) is 4.88. The van der Waals surface area contributed by atoms with Gasteiger partial charge in [0.15, 0.2) is 0 Å². The molecule has 0 saturated carbocycles. The molecule has 0 saturated heterocycles. The molecule has 5 heteroatoms. The average Bonchev–Trinajstić information content (AvgIpc) is 2.63. The van der Waals surface area contributed by atoms with Crippen LogP contribution in [0, 0.1) is 6.92 Å². The lowest BCUT2D eigenvalue weighted by Crippen LogP contribution is -2.13. The summed E-state index contributed by atoms with van der Waals surface area (Å²) in [5, 5.41) is 10.8. The molecule has 19 heavy (non-hydrogen) atoms. The standard InChI is InChI=1S/C14H14ClN3O/c1-8-14-12(18-17-8)6-10(7-13(19)16-14)9-2-4-11(15)5-3-9/h2-5,10H,6-7H2,1H3,(H,16,19)(H,17,18). The minimum Gasteiger partial charge on any atom is -0.323 e. The average molecular weight is 276 g/mol. The number of anilines is 1. The number of hydrogen-bond donors (Lipinski definition) is 2. The molecule has 1 atom stereocenters. The van der Waals surface area contributed by atoms with Crippen molar-refractivity contribution in [2.75, 3.05) is 5.32 Å². The molecule has 0 aliphatic carbocycles. The predicted molar refractivity (Wildman–Crippen MR) is 74.5 cm³/mol. The molecule has 1 aliphatic heterocycles. The smallest absolute Gasteiger partial charge is 0.225 e. The SMILES string of the molecule is Cc1[nH]nc2c1NC(=O)CC(c1ccc(Cl)cc1)C2. The lowest BCUT2D eigenvalue weighted by atomic mass is 9.91. The fourth-order valence-electron chi connectivity index (χ4n) is 2.48. The number of carbonyl (C=O) groups excluding carboxylic acids is 1. The Morgan fingerprint density at radius 3 is 2.74 bits per heavy atom. The molecule has 0 spiro atoms. The summed E-state index contributed by atoms with van der Waals surface area (Å²) in [6, 6.07) is 7.67. The first kappa shape index (κ1) is 12.2. The Balaban J connectivity index is 1.95. The quantitative estimate of drug-likeness (QED) is 0.840. The maximum Gasteiger partial charge on any atom is 0.225 e. The Labute approximate surface area is 116 Å². The number of nitrogens with one attached hydrogen (secondary N) is 2. The van der Waals surface area contributed by atoms with E-state index in [2.05, 4.69) is 15.5 Å². The molecule has 3 rings (SSSR count). The maximum absolute atomic E-state index is 12.0. The van der Waals surface area contributed by atoms with E-state index in [9.17, 15) is 4.79 Å². The van der Waals surface area contributed by atoms with Crippen LogP contribution in [-0.4, -0.2) is 16.1 Å². The second-order valence-corrected chi connectivity index (χ2v) is 5.31. The van der Waals surface area contributed by atoms with Gasteiger partial charge in [0.05, 0.1) is 17.1 Å². The van der Waals surface area contributed by atoms with Crippen molar-refractivity contribution in [1.82, 2.24) is 10.2 Å². The van der Waals surface area contributed by atoms with Gasteiger partial charge < -0.3 is 5.32 Å². The highest BCUT2D eigenvalue weighted by molar-refractivity contribution is 6.30. The molecule has 98 valence electrons. The molecule has 1 unspecified atom stereocenters. The third-order valence-electron chi connectivity index (χ3n) is 3.50. The van der Waals surface area contributed by atoms with Gasteiger partial charge in [-0.25, -0.2) is 0 Å². The number of benzene rings is 1. The summed E-state index contributed by atoms with van der Waals surface area (Å²) in [6.45, 7) is 1.91. The van der Waals surface area contributed by atoms with E-state index >= 15 is 0 Å². The first-order valence-corrected chi connectivity index (χ1v) is 6.60. The highest BCUT2D eigenvalue weighted by atomic mass is 35.5. The zero-order chi connectivity index (χ0) is 13.4. The lowest BCUT2D eigenvalue weighted by molar-refractivity contribution is -0.116. The summed E-state index contributed by atoms with van der Waals surface area (Å²) < 4.78 is 0. The van der Waals surface area contributed by atoms with E-state index in [-0.39, 0.29) is 11.8 Å². The molecule has 0 fully saturated rings. The molecule has 1 aromatic carbocycles. The van der Waals surface area contributed by atoms with E-state index in [0.717, 1.165) is 29.1 Å². The van der Waals surface area contributed by atoms with Gasteiger partial charge >= 0.3 is 0 Å². The molecule has 1 amide bonds. The molecule has 4 nitrogen and oxygen atoms in total. The number of aryl methyl sites for hydroxylation is 1. The Morgan fingerprint density at radius 1 is 1.26 bits per heavy atom. The number of aromatic nitrogens is 2. The van der Waals surface area contributed by atoms with Gasteiger partial charge in [0.2, 0.25) is 5.91 Å². The fourth-order valence-corrected chi connectivity index (χ4v) is 2.61. The molecular formula is C14H14ClN3O. The highest BCUT2D eigenvalue weighted by Crippen LogP contribution is 2.32. The summed E-state index contributed by atoms with van der Waals surface area (Å²) >= 11 is 5.90. The predicted octanol–water partition coefficient (Wildman–Crippen LogP) is 3.04. The lowest BCUT2D eigenvalue weighted by Gasteiger charge is -2.12. The van der Waals surface area contributed by atoms with Gasteiger partial charge in [-0.15, -0.1) is 0 Å². The van der Waals surface area contributed by atoms with Crippen molar-refractivity contribution in [3.8, 4) is 0 Å². The third kappa shape index (κ3) is 2.36. The van der Waals surface area contributed by atoms with E-state index in [1.165, 1.54) is 0 Å². The second kappa shape index (κ2) is 4.70. The van der Waals surface area contributed by atoms with Crippen molar-refractivity contribution in [3.63, 3.8) is 0 Å². The van der Waals surface area contributed by atoms with E-state index < -0.39 is 0 Å². The first-order chi connectivity index (χ1) is 9.13. The van der Waals surface area contributed by atoms with Gasteiger partial charge in [-0.05, 0) is 30.5 Å². The normalized spacial score (nSPS) is 18.6. The molecule has 1 aliphatic rings. The maximum atomic E-state index is 12.0. The Hall–Kier alpha value is -1.81. The van der Waals surface area contributed by atoms with Crippen LogP contribution in [0.25, 0.3) is 0 Å². The number of amides is 1. The Bertz CT molecular complexity index is 618. The van der Waals surface area contributed by atoms with Crippen molar-refractivity contribution in [2.24, 2.45) is 0 Å². The molecule has 2 N–H and O–H groups in total. The van der Waals surface area contributed by atoms with E-state index in [1.54, 1.807) is 0 Å². The van der Waals surface area contributed by atoms with Gasteiger partial charge in [-0.2, -0.15) is 5.10 Å². The molecule has 1 aromatic heterocycles. The molecule has 0 radical (unpaired) electrons. The zero-order valence-corrected chi connectivity index (χ0v) is 11.3. The number of fused-ring (bicyclic) bond motifs is 1. The summed E-state index contributed by atoms with van der Waals surface area (Å²) in [4.78, 5) is 12.0. The molecule has 0 bridgehead atoms. The van der Waals surface area contributed by atoms with E-state index in [1.807, 2.05) is 31.2 Å². The molecule has 2 heterocycles. The van der Waals surface area contributed by atoms with Gasteiger partial charge in [-0.3, -0.25) is 9.89 Å². The number of nitrogens with zero attached hydrogens (tertiary/aromatic N) is 1. The number of H-pyrrole nitrogens is 1. The zero-order valence-electron chi connectivity index (χ0n) is 10.5. The van der Waals surface area contributed by atoms with Crippen LogP contribution in [0.5, 0.6) is 0 Å². The number of rotatable bonds is 1. The fraction of sp³-hybridized carbons (Fsp3) is 0.286. The van der Waals surface area contributed by atoms with Crippen molar-refractivity contribution in [1.29, 1.82) is 0 Å². The van der Waals surface area contributed by atoms with E-state index in [4.69, 9.17) is 11.6 Å². The van der Waals surface area contributed by atoms with Crippen LogP contribution >= 0.6 is 11.6 Å². The van der Waals surface area contributed by atoms with Crippen LogP contribution in [0.3, 0.4) is 0 Å². The monoisotopic (exact) mass is 275 g/mol. The van der Waals surface area contributed by atoms with Crippen molar-refractivity contribution in [2.45, 2.75) is 25.7 Å². The summed E-state index contributed by atoms with van der Waals surface area (Å²) in [6.07, 6.45) is 1.22. The summed E-state index contributed by atoms with van der Waals surface area (Å²) in [5.74, 6) is 0.171. The van der Waals surface area contributed by atoms with Crippen molar-refractivity contribution < 1.29 is 4.79 Å². The Kier molecular flexibility index (Phi) is 3.03. The van der Waals surface area contributed by atoms with Crippen LogP contribution in [0.4, 0.5) is 5.69 Å². The van der Waals surface area contributed by atoms with Crippen LogP contribution in [-0.2, 0) is 11.2 Å². The Morgan fingerprint density at radius 2 is 2.00 bits per heavy atom.